The Morgan fingerprint density at radius 3 is 2.85 bits per heavy atom. The molecule has 0 aromatic heterocycles. The number of hydrogen-bond donors (Lipinski definition) is 1. The van der Waals surface area contributed by atoms with Crippen molar-refractivity contribution >= 4 is 0 Å². The molecule has 1 aliphatic rings. The summed E-state index contributed by atoms with van der Waals surface area (Å²) in [6.07, 6.45) is 1.02. The van der Waals surface area contributed by atoms with Crippen LogP contribution < -0.4 is 10.1 Å². The number of rotatable bonds is 5. The third kappa shape index (κ3) is 2.54. The highest BCUT2D eigenvalue weighted by molar-refractivity contribution is 5.40. The second-order valence-corrected chi connectivity index (χ2v) is 5.21. The van der Waals surface area contributed by atoms with Gasteiger partial charge in [-0.3, -0.25) is 0 Å². The fourth-order valence-corrected chi connectivity index (χ4v) is 2.68. The average molecular weight is 271 g/mol. The van der Waals surface area contributed by atoms with Crippen LogP contribution in [-0.2, 0) is 13.0 Å². The summed E-state index contributed by atoms with van der Waals surface area (Å²) in [4.78, 5) is 0. The monoisotopic (exact) mass is 271 g/mol. The van der Waals surface area contributed by atoms with Gasteiger partial charge in [-0.25, -0.2) is 4.39 Å². The molecule has 0 amide bonds. The summed E-state index contributed by atoms with van der Waals surface area (Å²) in [6, 6.07) is 13.5. The normalized spacial score (nSPS) is 16.4. The van der Waals surface area contributed by atoms with Crippen LogP contribution in [0.5, 0.6) is 5.75 Å². The van der Waals surface area contributed by atoms with Gasteiger partial charge in [0.15, 0.2) is 11.6 Å². The molecule has 20 heavy (non-hydrogen) atoms. The molecular weight excluding hydrogens is 253 g/mol. The van der Waals surface area contributed by atoms with Crippen LogP contribution in [0.15, 0.2) is 42.5 Å². The van der Waals surface area contributed by atoms with Crippen LogP contribution in [0.1, 0.15) is 22.6 Å². The molecule has 0 heterocycles. The number of hydrogen-bond acceptors (Lipinski definition) is 2. The lowest BCUT2D eigenvalue weighted by atomic mass is 9.78. The first kappa shape index (κ1) is 13.1. The molecule has 104 valence electrons. The Hall–Kier alpha value is -1.87. The van der Waals surface area contributed by atoms with Crippen molar-refractivity contribution in [2.45, 2.75) is 18.9 Å². The molecule has 1 atom stereocenters. The molecule has 1 unspecified atom stereocenters. The van der Waals surface area contributed by atoms with Gasteiger partial charge in [0.25, 0.3) is 0 Å². The molecular formula is C17H18FNO. The number of benzene rings is 2. The Morgan fingerprint density at radius 1 is 1.25 bits per heavy atom. The van der Waals surface area contributed by atoms with Crippen molar-refractivity contribution in [1.29, 1.82) is 0 Å². The van der Waals surface area contributed by atoms with E-state index in [-0.39, 0.29) is 5.82 Å². The van der Waals surface area contributed by atoms with Gasteiger partial charge in [0.1, 0.15) is 0 Å². The van der Waals surface area contributed by atoms with Crippen molar-refractivity contribution in [3.05, 3.63) is 65.0 Å². The molecule has 1 N–H and O–H groups in total. The number of nitrogens with one attached hydrogen (secondary N) is 1. The zero-order valence-electron chi connectivity index (χ0n) is 11.5. The maximum atomic E-state index is 13.9. The van der Waals surface area contributed by atoms with Gasteiger partial charge in [-0.1, -0.05) is 30.3 Å². The topological polar surface area (TPSA) is 21.3 Å². The summed E-state index contributed by atoms with van der Waals surface area (Å²) in [5.74, 6) is 0.446. The zero-order valence-corrected chi connectivity index (χ0v) is 11.5. The average Bonchev–Trinajstić information content (AvgIpc) is 2.42. The van der Waals surface area contributed by atoms with Crippen molar-refractivity contribution in [2.24, 2.45) is 0 Å². The summed E-state index contributed by atoms with van der Waals surface area (Å²) >= 11 is 0. The Kier molecular flexibility index (Phi) is 3.70. The molecule has 3 heteroatoms. The maximum absolute atomic E-state index is 13.9. The molecule has 0 fully saturated rings. The van der Waals surface area contributed by atoms with Crippen LogP contribution in [0.25, 0.3) is 0 Å². The van der Waals surface area contributed by atoms with E-state index in [0.717, 1.165) is 12.0 Å². The van der Waals surface area contributed by atoms with Gasteiger partial charge in [-0.05, 0) is 42.3 Å². The van der Waals surface area contributed by atoms with E-state index in [2.05, 4.69) is 23.5 Å². The highest BCUT2D eigenvalue weighted by atomic mass is 19.1. The summed E-state index contributed by atoms with van der Waals surface area (Å²) in [5.41, 5.74) is 3.64. The fourth-order valence-electron chi connectivity index (χ4n) is 2.68. The minimum absolute atomic E-state index is 0.287. The molecule has 3 rings (SSSR count). The van der Waals surface area contributed by atoms with Crippen LogP contribution in [-0.4, -0.2) is 13.7 Å². The molecule has 0 bridgehead atoms. The van der Waals surface area contributed by atoms with E-state index in [0.29, 0.717) is 24.8 Å². The quantitative estimate of drug-likeness (QED) is 0.901. The Balaban J connectivity index is 1.62. The zero-order chi connectivity index (χ0) is 13.9. The van der Waals surface area contributed by atoms with Crippen molar-refractivity contribution in [2.75, 3.05) is 13.7 Å². The first-order valence-electron chi connectivity index (χ1n) is 6.91. The summed E-state index contributed by atoms with van der Waals surface area (Å²) in [6.45, 7) is 1.20. The Morgan fingerprint density at radius 2 is 2.10 bits per heavy atom. The number of halogens is 1. The van der Waals surface area contributed by atoms with Gasteiger partial charge in [-0.2, -0.15) is 0 Å². The molecule has 2 nitrogen and oxygen atoms in total. The predicted octanol–water partition coefficient (Wildman–Crippen LogP) is 3.26. The SMILES string of the molecule is CNCc1ccc(OCC2Cc3ccccc32)c(F)c1. The maximum Gasteiger partial charge on any atom is 0.165 e. The fraction of sp³-hybridized carbons (Fsp3) is 0.294. The highest BCUT2D eigenvalue weighted by Crippen LogP contribution is 2.35. The van der Waals surface area contributed by atoms with Gasteiger partial charge in [0, 0.05) is 12.5 Å². The third-order valence-electron chi connectivity index (χ3n) is 3.78. The molecule has 1 aliphatic carbocycles. The predicted molar refractivity (Wildman–Crippen MR) is 77.5 cm³/mol. The molecule has 0 aliphatic heterocycles. The lowest BCUT2D eigenvalue weighted by Gasteiger charge is -2.29. The van der Waals surface area contributed by atoms with Gasteiger partial charge in [0.2, 0.25) is 0 Å². The largest absolute Gasteiger partial charge is 0.490 e. The summed E-state index contributed by atoms with van der Waals surface area (Å²) in [7, 11) is 1.84. The second kappa shape index (κ2) is 5.63. The first-order chi connectivity index (χ1) is 9.78. The van der Waals surface area contributed by atoms with Crippen LogP contribution in [0, 0.1) is 5.82 Å². The molecule has 0 radical (unpaired) electrons. The highest BCUT2D eigenvalue weighted by Gasteiger charge is 2.26. The van der Waals surface area contributed by atoms with Crippen molar-refractivity contribution in [3.63, 3.8) is 0 Å². The van der Waals surface area contributed by atoms with E-state index in [4.69, 9.17) is 4.74 Å². The van der Waals surface area contributed by atoms with Gasteiger partial charge >= 0.3 is 0 Å². The Labute approximate surface area is 118 Å². The van der Waals surface area contributed by atoms with Gasteiger partial charge in [0.05, 0.1) is 6.61 Å². The van der Waals surface area contributed by atoms with E-state index in [1.807, 2.05) is 19.2 Å². The van der Waals surface area contributed by atoms with Crippen LogP contribution >= 0.6 is 0 Å². The van der Waals surface area contributed by atoms with Crippen molar-refractivity contribution < 1.29 is 9.13 Å². The van der Waals surface area contributed by atoms with E-state index in [1.54, 1.807) is 6.07 Å². The smallest absolute Gasteiger partial charge is 0.165 e. The molecule has 0 saturated carbocycles. The van der Waals surface area contributed by atoms with Crippen LogP contribution in [0.2, 0.25) is 0 Å². The third-order valence-corrected chi connectivity index (χ3v) is 3.78. The van der Waals surface area contributed by atoms with Gasteiger partial charge in [-0.15, -0.1) is 0 Å². The molecule has 0 spiro atoms. The summed E-state index contributed by atoms with van der Waals surface area (Å²) in [5, 5.41) is 3.00. The van der Waals surface area contributed by atoms with Gasteiger partial charge < -0.3 is 10.1 Å². The number of fused-ring (bicyclic) bond motifs is 1. The standard InChI is InChI=1S/C17H18FNO/c1-19-10-12-6-7-17(16(18)8-12)20-11-14-9-13-4-2-3-5-15(13)14/h2-8,14,19H,9-11H2,1H3. The lowest BCUT2D eigenvalue weighted by Crippen LogP contribution is -2.23. The van der Waals surface area contributed by atoms with E-state index < -0.39 is 0 Å². The van der Waals surface area contributed by atoms with Crippen LogP contribution in [0.4, 0.5) is 4.39 Å². The minimum Gasteiger partial charge on any atom is -0.490 e. The van der Waals surface area contributed by atoms with E-state index >= 15 is 0 Å². The van der Waals surface area contributed by atoms with Crippen molar-refractivity contribution in [1.82, 2.24) is 5.32 Å². The second-order valence-electron chi connectivity index (χ2n) is 5.21. The minimum atomic E-state index is -0.287. The molecule has 0 saturated heterocycles. The molecule has 2 aromatic carbocycles. The number of ether oxygens (including phenoxy) is 1. The van der Waals surface area contributed by atoms with E-state index in [1.165, 1.54) is 17.2 Å². The summed E-state index contributed by atoms with van der Waals surface area (Å²) < 4.78 is 19.5. The molecule has 2 aromatic rings. The van der Waals surface area contributed by atoms with Crippen molar-refractivity contribution in [3.8, 4) is 5.75 Å². The Bertz CT molecular complexity index is 612. The van der Waals surface area contributed by atoms with E-state index in [9.17, 15) is 4.39 Å². The lowest BCUT2D eigenvalue weighted by molar-refractivity contribution is 0.263. The van der Waals surface area contributed by atoms with Crippen LogP contribution in [0.3, 0.4) is 0 Å². The first-order valence-corrected chi connectivity index (χ1v) is 6.91.